The summed E-state index contributed by atoms with van der Waals surface area (Å²) in [5.41, 5.74) is 5.59. The number of rotatable bonds is 8. The van der Waals surface area contributed by atoms with Gasteiger partial charge in [0.2, 0.25) is 15.9 Å². The van der Waals surface area contributed by atoms with Gasteiger partial charge in [0.25, 0.3) is 0 Å². The van der Waals surface area contributed by atoms with Crippen molar-refractivity contribution in [2.24, 2.45) is 5.92 Å². The van der Waals surface area contributed by atoms with E-state index in [4.69, 9.17) is 28.9 Å². The quantitative estimate of drug-likeness (QED) is 0.279. The number of likely N-dealkylation sites (tertiary alicyclic amines) is 1. The Balaban J connectivity index is 1.85. The molecule has 3 N–H and O–H groups in total. The number of carbonyl (C=O) groups is 1. The van der Waals surface area contributed by atoms with Crippen molar-refractivity contribution in [2.75, 3.05) is 18.8 Å². The number of piperidine rings is 1. The molecule has 0 radical (unpaired) electrons. The second-order valence-electron chi connectivity index (χ2n) is 8.08. The van der Waals surface area contributed by atoms with Crippen LogP contribution in [0.1, 0.15) is 19.3 Å². The van der Waals surface area contributed by atoms with Crippen LogP contribution < -0.4 is 10.5 Å². The van der Waals surface area contributed by atoms with Gasteiger partial charge in [-0.3, -0.25) is 4.79 Å². The van der Waals surface area contributed by atoms with Gasteiger partial charge in [0, 0.05) is 19.5 Å². The Morgan fingerprint density at radius 3 is 2.39 bits per heavy atom. The number of nitrogen functional groups attached to an aromatic ring is 1. The van der Waals surface area contributed by atoms with Crippen molar-refractivity contribution in [1.82, 2.24) is 19.2 Å². The number of nitro groups is 1. The van der Waals surface area contributed by atoms with Crippen molar-refractivity contribution >= 4 is 50.8 Å². The molecule has 1 aliphatic rings. The first-order valence-electron chi connectivity index (χ1n) is 10.5. The fourth-order valence-corrected chi connectivity index (χ4v) is 5.66. The second kappa shape index (κ2) is 10.8. The second-order valence-corrected chi connectivity index (χ2v) is 10.6. The van der Waals surface area contributed by atoms with E-state index in [0.29, 0.717) is 0 Å². The fraction of sp³-hybridized carbons (Fsp3) is 0.474. The first kappa shape index (κ1) is 28.0. The number of aryl methyl sites for hydroxylation is 1. The maximum absolute atomic E-state index is 13.2. The van der Waals surface area contributed by atoms with E-state index in [1.807, 2.05) is 0 Å². The first-order chi connectivity index (χ1) is 16.7. The first-order valence-corrected chi connectivity index (χ1v) is 12.7. The van der Waals surface area contributed by atoms with Crippen LogP contribution in [0, 0.1) is 16.0 Å². The third-order valence-electron chi connectivity index (χ3n) is 5.74. The highest BCUT2D eigenvalue weighted by molar-refractivity contribution is 7.89. The van der Waals surface area contributed by atoms with Crippen LogP contribution in [-0.4, -0.2) is 59.0 Å². The summed E-state index contributed by atoms with van der Waals surface area (Å²) in [4.78, 5) is 27.9. The minimum atomic E-state index is -4.42. The van der Waals surface area contributed by atoms with Gasteiger partial charge in [-0.2, -0.15) is 17.9 Å². The van der Waals surface area contributed by atoms with Crippen LogP contribution in [0.3, 0.4) is 0 Å². The molecular weight excluding hydrogens is 552 g/mol. The van der Waals surface area contributed by atoms with E-state index in [-0.39, 0.29) is 54.6 Å². The van der Waals surface area contributed by atoms with Crippen molar-refractivity contribution in [3.8, 4) is 0 Å². The lowest BCUT2D eigenvalue weighted by Crippen LogP contribution is -2.51. The average molecular weight is 573 g/mol. The number of hydrogen-bond acceptors (Lipinski definition) is 7. The number of benzene rings is 1. The highest BCUT2D eigenvalue weighted by Gasteiger charge is 2.42. The zero-order valence-corrected chi connectivity index (χ0v) is 20.7. The van der Waals surface area contributed by atoms with Crippen LogP contribution in [-0.2, 0) is 21.4 Å². The number of imidazole rings is 1. The molecule has 0 bridgehead atoms. The summed E-state index contributed by atoms with van der Waals surface area (Å²) in [6.45, 7) is -0.643. The summed E-state index contributed by atoms with van der Waals surface area (Å²) in [5.74, 6) is -2.86. The van der Waals surface area contributed by atoms with Gasteiger partial charge in [0.1, 0.15) is 18.4 Å². The van der Waals surface area contributed by atoms with Gasteiger partial charge in [0.05, 0.1) is 33.1 Å². The fourth-order valence-electron chi connectivity index (χ4n) is 3.77. The minimum Gasteiger partial charge on any atom is -0.396 e. The smallest absolute Gasteiger partial charge is 0.396 e. The van der Waals surface area contributed by atoms with E-state index in [1.165, 1.54) is 12.4 Å². The van der Waals surface area contributed by atoms with Crippen molar-refractivity contribution in [3.63, 3.8) is 0 Å². The zero-order chi connectivity index (χ0) is 26.8. The van der Waals surface area contributed by atoms with Crippen LogP contribution in [0.4, 0.5) is 24.8 Å². The monoisotopic (exact) mass is 572 g/mol. The maximum atomic E-state index is 13.2. The predicted octanol–water partition coefficient (Wildman–Crippen LogP) is 3.22. The molecule has 1 saturated heterocycles. The van der Waals surface area contributed by atoms with Crippen molar-refractivity contribution in [2.45, 2.75) is 42.9 Å². The normalized spacial score (nSPS) is 16.2. The van der Waals surface area contributed by atoms with Crippen LogP contribution >= 0.6 is 23.2 Å². The predicted molar refractivity (Wildman–Crippen MR) is 124 cm³/mol. The van der Waals surface area contributed by atoms with E-state index in [1.54, 1.807) is 0 Å². The van der Waals surface area contributed by atoms with Gasteiger partial charge in [-0.15, -0.1) is 0 Å². The van der Waals surface area contributed by atoms with Crippen molar-refractivity contribution < 1.29 is 31.3 Å². The van der Waals surface area contributed by atoms with Crippen molar-refractivity contribution in [3.05, 3.63) is 44.7 Å². The molecule has 36 heavy (non-hydrogen) atoms. The van der Waals surface area contributed by atoms with E-state index < -0.39 is 49.8 Å². The van der Waals surface area contributed by atoms with E-state index in [9.17, 15) is 36.5 Å². The molecule has 1 fully saturated rings. The largest absolute Gasteiger partial charge is 0.434 e. The number of nitrogens with zero attached hydrogens (tertiary/aromatic N) is 4. The molecule has 3 rings (SSSR count). The van der Waals surface area contributed by atoms with E-state index in [2.05, 4.69) is 9.71 Å². The molecule has 1 amide bonds. The molecule has 0 saturated carbocycles. The molecule has 2 heterocycles. The third-order valence-corrected chi connectivity index (χ3v) is 7.82. The number of nitrogens with one attached hydrogen (secondary N) is 1. The number of halogens is 5. The molecule has 17 heteroatoms. The Morgan fingerprint density at radius 2 is 1.86 bits per heavy atom. The SMILES string of the molecule is Nc1c(Cl)cc(S(=O)(=O)NC(CCn2ccnc2[N+](=O)[O-])C(=O)N2CCC(C(F)(F)F)CC2)cc1Cl. The number of amides is 1. The van der Waals surface area contributed by atoms with Gasteiger partial charge in [0.15, 0.2) is 0 Å². The van der Waals surface area contributed by atoms with Gasteiger partial charge < -0.3 is 20.7 Å². The standard InChI is InChI=1S/C19H21Cl2F3N6O5S/c20-13-9-12(10-14(21)16(13)25)36(34,35)27-15(3-7-29-8-4-26-18(29)30(32)33)17(31)28-5-1-11(2-6-28)19(22,23)24/h4,8-11,15,27H,1-3,5-7,25H2. The van der Waals surface area contributed by atoms with Gasteiger partial charge in [-0.1, -0.05) is 28.2 Å². The number of hydrogen-bond donors (Lipinski definition) is 2. The molecule has 11 nitrogen and oxygen atoms in total. The summed E-state index contributed by atoms with van der Waals surface area (Å²) in [6.07, 6.45) is -2.87. The molecule has 0 spiro atoms. The highest BCUT2D eigenvalue weighted by atomic mass is 35.5. The van der Waals surface area contributed by atoms with Gasteiger partial charge >= 0.3 is 12.1 Å². The Kier molecular flexibility index (Phi) is 8.37. The molecule has 1 aliphatic heterocycles. The van der Waals surface area contributed by atoms with Crippen LogP contribution in [0.5, 0.6) is 0 Å². The lowest BCUT2D eigenvalue weighted by Gasteiger charge is -2.35. The Morgan fingerprint density at radius 1 is 1.28 bits per heavy atom. The van der Waals surface area contributed by atoms with Gasteiger partial charge in [-0.05, 0) is 29.9 Å². The Bertz CT molecular complexity index is 1230. The molecular formula is C19H21Cl2F3N6O5S. The Hall–Kier alpha value is -2.62. The summed E-state index contributed by atoms with van der Waals surface area (Å²) < 4.78 is 68.5. The minimum absolute atomic E-state index is 0.0511. The molecule has 1 aromatic heterocycles. The summed E-state index contributed by atoms with van der Waals surface area (Å²) in [6, 6.07) is 0.596. The van der Waals surface area contributed by atoms with E-state index in [0.717, 1.165) is 21.6 Å². The molecule has 198 valence electrons. The zero-order valence-electron chi connectivity index (χ0n) is 18.4. The summed E-state index contributed by atoms with van der Waals surface area (Å²) in [5, 5.41) is 10.8. The number of anilines is 1. The molecule has 0 aliphatic carbocycles. The third kappa shape index (κ3) is 6.38. The number of carbonyl (C=O) groups excluding carboxylic acids is 1. The Labute approximate surface area is 213 Å². The van der Waals surface area contributed by atoms with Gasteiger partial charge in [-0.25, -0.2) is 13.0 Å². The number of nitrogens with two attached hydrogens (primary N) is 1. The summed E-state index contributed by atoms with van der Waals surface area (Å²) in [7, 11) is -4.42. The lowest BCUT2D eigenvalue weighted by molar-refractivity contribution is -0.396. The number of alkyl halides is 3. The average Bonchev–Trinajstić information content (AvgIpc) is 3.28. The number of aromatic nitrogens is 2. The maximum Gasteiger partial charge on any atom is 0.434 e. The molecule has 2 aromatic rings. The van der Waals surface area contributed by atoms with Crippen LogP contribution in [0.2, 0.25) is 10.0 Å². The molecule has 1 atom stereocenters. The molecule has 1 unspecified atom stereocenters. The lowest BCUT2D eigenvalue weighted by atomic mass is 9.95. The summed E-state index contributed by atoms with van der Waals surface area (Å²) >= 11 is 11.9. The molecule has 1 aromatic carbocycles. The topological polar surface area (TPSA) is 153 Å². The van der Waals surface area contributed by atoms with Crippen molar-refractivity contribution in [1.29, 1.82) is 0 Å². The highest BCUT2D eigenvalue weighted by Crippen LogP contribution is 2.34. The van der Waals surface area contributed by atoms with E-state index >= 15 is 0 Å². The van der Waals surface area contributed by atoms with Crippen LogP contribution in [0.25, 0.3) is 0 Å². The van der Waals surface area contributed by atoms with Crippen LogP contribution in [0.15, 0.2) is 29.4 Å². The number of sulfonamides is 1.